The standard InChI is InChI=1S/C23H22N2O4/c1-4-29-22(28)23(14-24,17-10-8-15(2)9-11-17)19-13-20(26)25(21(19)27)18-7-5-6-16(3)12-18/h5-12,19H,4,13H2,1-3H3/t19-,23-/m1/s1. The zero-order chi connectivity index (χ0) is 21.2. The van der Waals surface area contributed by atoms with Crippen molar-refractivity contribution >= 4 is 23.5 Å². The molecule has 1 heterocycles. The van der Waals surface area contributed by atoms with Gasteiger partial charge in [0.2, 0.25) is 11.8 Å². The van der Waals surface area contributed by atoms with Gasteiger partial charge in [0, 0.05) is 6.42 Å². The Morgan fingerprint density at radius 3 is 2.45 bits per heavy atom. The van der Waals surface area contributed by atoms with E-state index in [0.717, 1.165) is 16.0 Å². The van der Waals surface area contributed by atoms with E-state index in [1.54, 1.807) is 49.4 Å². The summed E-state index contributed by atoms with van der Waals surface area (Å²) in [5, 5.41) is 10.1. The third-order valence-corrected chi connectivity index (χ3v) is 5.21. The molecule has 2 aromatic carbocycles. The second-order valence-electron chi connectivity index (χ2n) is 7.17. The number of hydrogen-bond acceptors (Lipinski definition) is 5. The second kappa shape index (κ2) is 7.88. The van der Waals surface area contributed by atoms with E-state index in [2.05, 4.69) is 0 Å². The molecule has 3 rings (SSSR count). The van der Waals surface area contributed by atoms with E-state index in [0.29, 0.717) is 11.3 Å². The van der Waals surface area contributed by atoms with E-state index in [4.69, 9.17) is 4.74 Å². The quantitative estimate of drug-likeness (QED) is 0.578. The highest BCUT2D eigenvalue weighted by Gasteiger charge is 2.58. The SMILES string of the molecule is CCOC(=O)[C@](C#N)(c1ccc(C)cc1)[C@@H]1CC(=O)N(c2cccc(C)c2)C1=O. The van der Waals surface area contributed by atoms with E-state index >= 15 is 0 Å². The number of rotatable bonds is 5. The molecule has 148 valence electrons. The van der Waals surface area contributed by atoms with Crippen LogP contribution in [0.15, 0.2) is 48.5 Å². The Kier molecular flexibility index (Phi) is 5.51. The number of ether oxygens (including phenoxy) is 1. The van der Waals surface area contributed by atoms with Gasteiger partial charge in [0.25, 0.3) is 0 Å². The van der Waals surface area contributed by atoms with E-state index in [-0.39, 0.29) is 13.0 Å². The van der Waals surface area contributed by atoms with Gasteiger partial charge in [0.05, 0.1) is 24.3 Å². The van der Waals surface area contributed by atoms with Crippen molar-refractivity contribution in [3.8, 4) is 6.07 Å². The van der Waals surface area contributed by atoms with Gasteiger partial charge in [0.15, 0.2) is 5.41 Å². The lowest BCUT2D eigenvalue weighted by Crippen LogP contribution is -2.47. The first kappa shape index (κ1) is 20.3. The second-order valence-corrected chi connectivity index (χ2v) is 7.17. The van der Waals surface area contributed by atoms with Crippen molar-refractivity contribution in [1.82, 2.24) is 0 Å². The number of amides is 2. The fourth-order valence-corrected chi connectivity index (χ4v) is 3.72. The summed E-state index contributed by atoms with van der Waals surface area (Å²) in [5.41, 5.74) is 0.722. The van der Waals surface area contributed by atoms with Crippen LogP contribution in [0.1, 0.15) is 30.0 Å². The van der Waals surface area contributed by atoms with E-state index in [1.807, 2.05) is 26.0 Å². The lowest BCUT2D eigenvalue weighted by molar-refractivity contribution is -0.151. The molecule has 2 amide bonds. The Bertz CT molecular complexity index is 1010. The predicted molar refractivity (Wildman–Crippen MR) is 107 cm³/mol. The number of carbonyl (C=O) groups is 3. The molecule has 0 aliphatic carbocycles. The summed E-state index contributed by atoms with van der Waals surface area (Å²) in [5.74, 6) is -3.00. The van der Waals surface area contributed by atoms with Crippen LogP contribution in [0.3, 0.4) is 0 Å². The van der Waals surface area contributed by atoms with Crippen LogP contribution in [-0.2, 0) is 24.5 Å². The highest BCUT2D eigenvalue weighted by atomic mass is 16.5. The molecule has 1 aliphatic rings. The Balaban J connectivity index is 2.12. The van der Waals surface area contributed by atoms with Crippen LogP contribution >= 0.6 is 0 Å². The Labute approximate surface area is 169 Å². The molecule has 0 bridgehead atoms. The zero-order valence-corrected chi connectivity index (χ0v) is 16.6. The third-order valence-electron chi connectivity index (χ3n) is 5.21. The van der Waals surface area contributed by atoms with Crippen molar-refractivity contribution in [1.29, 1.82) is 5.26 Å². The number of anilines is 1. The fraction of sp³-hybridized carbons (Fsp3) is 0.304. The van der Waals surface area contributed by atoms with Crippen LogP contribution in [0, 0.1) is 31.1 Å². The first-order valence-corrected chi connectivity index (χ1v) is 9.44. The molecule has 6 heteroatoms. The number of aryl methyl sites for hydroxylation is 2. The minimum absolute atomic E-state index is 0.0601. The fourth-order valence-electron chi connectivity index (χ4n) is 3.72. The molecule has 1 aliphatic heterocycles. The average molecular weight is 390 g/mol. The molecule has 0 aromatic heterocycles. The zero-order valence-electron chi connectivity index (χ0n) is 16.6. The number of carbonyl (C=O) groups excluding carboxylic acids is 3. The van der Waals surface area contributed by atoms with Crippen LogP contribution in [0.25, 0.3) is 0 Å². The number of nitriles is 1. The number of esters is 1. The number of hydrogen-bond donors (Lipinski definition) is 0. The molecule has 6 nitrogen and oxygen atoms in total. The maximum atomic E-state index is 13.3. The first-order valence-electron chi connectivity index (χ1n) is 9.44. The summed E-state index contributed by atoms with van der Waals surface area (Å²) in [4.78, 5) is 40.2. The molecule has 0 unspecified atom stereocenters. The van der Waals surface area contributed by atoms with Gasteiger partial charge < -0.3 is 4.74 Å². The molecule has 0 spiro atoms. The van der Waals surface area contributed by atoms with E-state index < -0.39 is 29.1 Å². The molecular formula is C23H22N2O4. The summed E-state index contributed by atoms with van der Waals surface area (Å²) in [7, 11) is 0. The summed E-state index contributed by atoms with van der Waals surface area (Å²) in [6, 6.07) is 15.8. The van der Waals surface area contributed by atoms with Crippen LogP contribution in [0.2, 0.25) is 0 Å². The van der Waals surface area contributed by atoms with Crippen molar-refractivity contribution in [2.24, 2.45) is 5.92 Å². The van der Waals surface area contributed by atoms with Crippen LogP contribution in [-0.4, -0.2) is 24.4 Å². The largest absolute Gasteiger partial charge is 0.465 e. The van der Waals surface area contributed by atoms with Crippen LogP contribution < -0.4 is 4.90 Å². The van der Waals surface area contributed by atoms with Gasteiger partial charge in [0.1, 0.15) is 0 Å². The number of benzene rings is 2. The molecule has 29 heavy (non-hydrogen) atoms. The normalized spacial score (nSPS) is 18.3. The smallest absolute Gasteiger partial charge is 0.331 e. The lowest BCUT2D eigenvalue weighted by Gasteiger charge is -2.29. The van der Waals surface area contributed by atoms with Gasteiger partial charge in [-0.15, -0.1) is 0 Å². The topological polar surface area (TPSA) is 87.5 Å². The first-order chi connectivity index (χ1) is 13.8. The van der Waals surface area contributed by atoms with E-state index in [9.17, 15) is 19.6 Å². The highest BCUT2D eigenvalue weighted by Crippen LogP contribution is 2.42. The maximum absolute atomic E-state index is 13.3. The summed E-state index contributed by atoms with van der Waals surface area (Å²) in [6.45, 7) is 5.43. The summed E-state index contributed by atoms with van der Waals surface area (Å²) >= 11 is 0. The third kappa shape index (κ3) is 3.40. The Morgan fingerprint density at radius 2 is 1.86 bits per heavy atom. The molecular weight excluding hydrogens is 368 g/mol. The summed E-state index contributed by atoms with van der Waals surface area (Å²) in [6.07, 6.45) is -0.243. The lowest BCUT2D eigenvalue weighted by atomic mass is 9.70. The molecule has 2 aromatic rings. The number of nitrogens with zero attached hydrogens (tertiary/aromatic N) is 2. The highest BCUT2D eigenvalue weighted by molar-refractivity contribution is 6.22. The van der Waals surface area contributed by atoms with E-state index in [1.165, 1.54) is 0 Å². The van der Waals surface area contributed by atoms with Gasteiger partial charge in [-0.25, -0.2) is 4.79 Å². The van der Waals surface area contributed by atoms with Crippen LogP contribution in [0.4, 0.5) is 5.69 Å². The molecule has 0 radical (unpaired) electrons. The predicted octanol–water partition coefficient (Wildman–Crippen LogP) is 3.21. The Morgan fingerprint density at radius 1 is 1.17 bits per heavy atom. The van der Waals surface area contributed by atoms with Gasteiger partial charge in [-0.3, -0.25) is 14.5 Å². The van der Waals surface area contributed by atoms with Crippen molar-refractivity contribution < 1.29 is 19.1 Å². The van der Waals surface area contributed by atoms with Crippen molar-refractivity contribution in [2.45, 2.75) is 32.6 Å². The van der Waals surface area contributed by atoms with Gasteiger partial charge in [-0.05, 0) is 44.0 Å². The molecule has 1 fully saturated rings. The summed E-state index contributed by atoms with van der Waals surface area (Å²) < 4.78 is 5.20. The minimum atomic E-state index is -1.89. The van der Waals surface area contributed by atoms with Crippen LogP contribution in [0.5, 0.6) is 0 Å². The van der Waals surface area contributed by atoms with Gasteiger partial charge in [-0.1, -0.05) is 42.0 Å². The maximum Gasteiger partial charge on any atom is 0.331 e. The van der Waals surface area contributed by atoms with Crippen molar-refractivity contribution in [2.75, 3.05) is 11.5 Å². The average Bonchev–Trinajstić information content (AvgIpc) is 2.99. The van der Waals surface area contributed by atoms with Gasteiger partial charge in [-0.2, -0.15) is 5.26 Å². The molecule has 0 N–H and O–H groups in total. The van der Waals surface area contributed by atoms with Gasteiger partial charge >= 0.3 is 5.97 Å². The van der Waals surface area contributed by atoms with Crippen molar-refractivity contribution in [3.05, 3.63) is 65.2 Å². The molecule has 0 saturated carbocycles. The Hall–Kier alpha value is -3.46. The molecule has 2 atom stereocenters. The molecule has 1 saturated heterocycles. The minimum Gasteiger partial charge on any atom is -0.465 e. The number of imide groups is 1. The monoisotopic (exact) mass is 390 g/mol. The van der Waals surface area contributed by atoms with Crippen molar-refractivity contribution in [3.63, 3.8) is 0 Å².